The van der Waals surface area contributed by atoms with Crippen LogP contribution in [0.25, 0.3) is 0 Å². The van der Waals surface area contributed by atoms with Crippen LogP contribution in [0.15, 0.2) is 58.4 Å². The van der Waals surface area contributed by atoms with Gasteiger partial charge in [0.2, 0.25) is 10.0 Å². The minimum absolute atomic E-state index is 0.0460. The Balaban J connectivity index is 1.42. The second-order valence-corrected chi connectivity index (χ2v) is 10.9. The van der Waals surface area contributed by atoms with Gasteiger partial charge in [0.15, 0.2) is 5.96 Å². The molecule has 1 fully saturated rings. The fourth-order valence-corrected chi connectivity index (χ4v) is 5.55. The Hall–Kier alpha value is -3.71. The van der Waals surface area contributed by atoms with E-state index in [0.717, 1.165) is 44.4 Å². The van der Waals surface area contributed by atoms with E-state index in [1.807, 2.05) is 4.90 Å². The molecule has 2 aromatic rings. The number of guanidine groups is 1. The van der Waals surface area contributed by atoms with Gasteiger partial charge in [0.25, 0.3) is 5.91 Å². The lowest BCUT2D eigenvalue weighted by Gasteiger charge is -2.35. The number of carboxylic acid groups (broad SMARTS) is 1. The average molecular weight is 547 g/mol. The minimum Gasteiger partial charge on any atom is -0.481 e. The molecule has 0 radical (unpaired) electrons. The third kappa shape index (κ3) is 7.42. The molecule has 2 heterocycles. The first-order chi connectivity index (χ1) is 18.2. The number of benzene rings is 2. The Bertz CT molecular complexity index is 1280. The number of hydrogen-bond donors (Lipinski definition) is 5. The highest BCUT2D eigenvalue weighted by Crippen LogP contribution is 2.23. The Morgan fingerprint density at radius 3 is 2.55 bits per heavy atom. The molecule has 2 aromatic carbocycles. The normalized spacial score (nSPS) is 17.2. The fraction of sp³-hybridized carbons (Fsp3) is 0.400. The van der Waals surface area contributed by atoms with Gasteiger partial charge in [-0.15, -0.1) is 0 Å². The molecule has 0 spiro atoms. The largest absolute Gasteiger partial charge is 0.481 e. The summed E-state index contributed by atoms with van der Waals surface area (Å²) in [5.41, 5.74) is 0.469. The van der Waals surface area contributed by atoms with Gasteiger partial charge in [-0.1, -0.05) is 18.2 Å². The number of anilines is 1. The summed E-state index contributed by atoms with van der Waals surface area (Å²) in [5.74, 6) is -1.95. The molecule has 2 aliphatic heterocycles. The number of nitrogens with zero attached hydrogens (tertiary/aromatic N) is 2. The third-order valence-electron chi connectivity index (χ3n) is 6.28. The monoisotopic (exact) mass is 546 g/mol. The molecule has 11 nitrogen and oxygen atoms in total. The molecule has 2 aliphatic rings. The predicted octanol–water partition coefficient (Wildman–Crippen LogP) is 1.24. The molecular weight excluding hydrogens is 515 g/mol. The Morgan fingerprint density at radius 1 is 1.16 bits per heavy atom. The van der Waals surface area contributed by atoms with Crippen LogP contribution in [0, 0.1) is 5.82 Å². The van der Waals surface area contributed by atoms with Gasteiger partial charge in [0.1, 0.15) is 12.0 Å². The zero-order valence-corrected chi connectivity index (χ0v) is 21.5. The number of aliphatic imine (C=N–C) groups is 1. The number of halogens is 1. The van der Waals surface area contributed by atoms with Crippen LogP contribution in [0.3, 0.4) is 0 Å². The minimum atomic E-state index is -4.11. The van der Waals surface area contributed by atoms with Crippen LogP contribution < -0.4 is 25.6 Å². The molecule has 1 amide bonds. The van der Waals surface area contributed by atoms with Crippen LogP contribution >= 0.6 is 0 Å². The second kappa shape index (κ2) is 12.2. The number of carbonyl (C=O) groups excluding carboxylic acids is 1. The molecule has 1 unspecified atom stereocenters. The fourth-order valence-electron chi connectivity index (χ4n) is 4.39. The molecule has 38 heavy (non-hydrogen) atoms. The van der Waals surface area contributed by atoms with Crippen LogP contribution in [0.4, 0.5) is 10.1 Å². The highest BCUT2D eigenvalue weighted by molar-refractivity contribution is 7.89. The lowest BCUT2D eigenvalue weighted by atomic mass is 10.0. The second-order valence-electron chi connectivity index (χ2n) is 9.17. The molecule has 1 saturated heterocycles. The summed E-state index contributed by atoms with van der Waals surface area (Å²) in [4.78, 5) is 30.6. The van der Waals surface area contributed by atoms with E-state index >= 15 is 0 Å². The molecule has 204 valence electrons. The summed E-state index contributed by atoms with van der Waals surface area (Å²) < 4.78 is 42.1. The number of carboxylic acids is 1. The Morgan fingerprint density at radius 2 is 1.89 bits per heavy atom. The van der Waals surface area contributed by atoms with Crippen molar-refractivity contribution in [3.05, 3.63) is 59.9 Å². The first-order valence-electron chi connectivity index (χ1n) is 12.4. The highest BCUT2D eigenvalue weighted by Gasteiger charge is 2.26. The lowest BCUT2D eigenvalue weighted by molar-refractivity contribution is -0.137. The van der Waals surface area contributed by atoms with E-state index in [1.54, 1.807) is 6.07 Å². The predicted molar refractivity (Wildman–Crippen MR) is 140 cm³/mol. The smallest absolute Gasteiger partial charge is 0.306 e. The maximum Gasteiger partial charge on any atom is 0.306 e. The standard InChI is InChI=1S/C25H31FN6O5S/c26-18-13-17(14-20(15-18)32-11-7-19(8-12-32)29-25-27-9-4-10-28-25)24(35)30-22(16-23(33)34)31-38(36,37)21-5-2-1-3-6-21/h1-3,5-6,13-15,19,22,31H,4,7-12,16H2,(H,30,35)(H,33,34)(H2,27,28,29). The number of rotatable bonds is 9. The summed E-state index contributed by atoms with van der Waals surface area (Å²) in [5, 5.41) is 18.3. The van der Waals surface area contributed by atoms with E-state index in [2.05, 4.69) is 25.7 Å². The Labute approximate surface area is 220 Å². The van der Waals surface area contributed by atoms with Crippen molar-refractivity contribution < 1.29 is 27.5 Å². The van der Waals surface area contributed by atoms with E-state index in [-0.39, 0.29) is 16.5 Å². The van der Waals surface area contributed by atoms with Crippen LogP contribution in [0.5, 0.6) is 0 Å². The quantitative estimate of drug-likeness (QED) is 0.295. The van der Waals surface area contributed by atoms with Crippen molar-refractivity contribution in [2.45, 2.75) is 42.8 Å². The molecule has 0 aliphatic carbocycles. The zero-order valence-electron chi connectivity index (χ0n) is 20.7. The van der Waals surface area contributed by atoms with E-state index in [4.69, 9.17) is 0 Å². The molecule has 4 rings (SSSR count). The van der Waals surface area contributed by atoms with Crippen LogP contribution in [-0.4, -0.2) is 69.7 Å². The molecule has 5 N–H and O–H groups in total. The van der Waals surface area contributed by atoms with Gasteiger partial charge in [-0.3, -0.25) is 14.6 Å². The Kier molecular flexibility index (Phi) is 8.79. The number of nitrogens with one attached hydrogen (secondary N) is 4. The van der Waals surface area contributed by atoms with E-state index in [0.29, 0.717) is 18.8 Å². The number of hydrogen-bond acceptors (Lipinski definition) is 8. The number of amides is 1. The highest BCUT2D eigenvalue weighted by atomic mass is 32.2. The van der Waals surface area contributed by atoms with E-state index in [9.17, 15) is 27.5 Å². The molecule has 0 bridgehead atoms. The molecule has 0 aromatic heterocycles. The number of piperidine rings is 1. The first-order valence-corrected chi connectivity index (χ1v) is 13.9. The summed E-state index contributed by atoms with van der Waals surface area (Å²) in [6.45, 7) is 2.95. The maximum absolute atomic E-state index is 14.5. The summed E-state index contributed by atoms with van der Waals surface area (Å²) in [6.07, 6.45) is 0.437. The van der Waals surface area contributed by atoms with Crippen molar-refractivity contribution in [1.82, 2.24) is 20.7 Å². The van der Waals surface area contributed by atoms with Crippen molar-refractivity contribution >= 4 is 33.5 Å². The van der Waals surface area contributed by atoms with Crippen LogP contribution in [-0.2, 0) is 14.8 Å². The molecular formula is C25H31FN6O5S. The van der Waals surface area contributed by atoms with Crippen molar-refractivity contribution in [3.8, 4) is 0 Å². The number of carbonyl (C=O) groups is 2. The van der Waals surface area contributed by atoms with Crippen LogP contribution in [0.2, 0.25) is 0 Å². The topological polar surface area (TPSA) is 152 Å². The van der Waals surface area contributed by atoms with Crippen molar-refractivity contribution in [2.75, 3.05) is 31.1 Å². The van der Waals surface area contributed by atoms with Gasteiger partial charge < -0.3 is 26.0 Å². The van der Waals surface area contributed by atoms with Crippen molar-refractivity contribution in [1.29, 1.82) is 0 Å². The molecule has 13 heteroatoms. The van der Waals surface area contributed by atoms with Gasteiger partial charge in [0, 0.05) is 43.5 Å². The van der Waals surface area contributed by atoms with Gasteiger partial charge in [-0.2, -0.15) is 4.72 Å². The molecule has 0 saturated carbocycles. The van der Waals surface area contributed by atoms with Gasteiger partial charge in [-0.05, 0) is 49.6 Å². The van der Waals surface area contributed by atoms with E-state index in [1.165, 1.54) is 36.4 Å². The van der Waals surface area contributed by atoms with Gasteiger partial charge in [0.05, 0.1) is 11.3 Å². The van der Waals surface area contributed by atoms with Crippen LogP contribution in [0.1, 0.15) is 36.0 Å². The van der Waals surface area contributed by atoms with Gasteiger partial charge >= 0.3 is 5.97 Å². The third-order valence-corrected chi connectivity index (χ3v) is 7.77. The molecule has 1 atom stereocenters. The maximum atomic E-state index is 14.5. The summed E-state index contributed by atoms with van der Waals surface area (Å²) in [7, 11) is -4.11. The first kappa shape index (κ1) is 27.3. The zero-order chi connectivity index (χ0) is 27.1. The average Bonchev–Trinajstić information content (AvgIpc) is 2.89. The van der Waals surface area contributed by atoms with Crippen molar-refractivity contribution in [2.24, 2.45) is 4.99 Å². The summed E-state index contributed by atoms with van der Waals surface area (Å²) >= 11 is 0. The van der Waals surface area contributed by atoms with E-state index < -0.39 is 40.3 Å². The number of sulfonamides is 1. The SMILES string of the molecule is O=C(O)CC(NC(=O)c1cc(F)cc(N2CCC(NC3=NCCCN3)CC2)c1)NS(=O)(=O)c1ccccc1. The summed E-state index contributed by atoms with van der Waals surface area (Å²) in [6, 6.07) is 11.5. The number of aliphatic carboxylic acids is 1. The van der Waals surface area contributed by atoms with Crippen molar-refractivity contribution in [3.63, 3.8) is 0 Å². The van der Waals surface area contributed by atoms with Gasteiger partial charge in [-0.25, -0.2) is 12.8 Å². The lowest BCUT2D eigenvalue weighted by Crippen LogP contribution is -2.50.